The third-order valence-corrected chi connectivity index (χ3v) is 3.90. The van der Waals surface area contributed by atoms with Gasteiger partial charge in [-0.05, 0) is 29.8 Å². The third kappa shape index (κ3) is 4.09. The third-order valence-electron chi connectivity index (χ3n) is 3.90. The van der Waals surface area contributed by atoms with E-state index in [4.69, 9.17) is 0 Å². The molecule has 2 heterocycles. The van der Waals surface area contributed by atoms with Crippen LogP contribution >= 0.6 is 0 Å². The molecule has 0 radical (unpaired) electrons. The molecule has 0 amide bonds. The first-order valence-electron chi connectivity index (χ1n) is 7.39. The lowest BCUT2D eigenvalue weighted by molar-refractivity contribution is 0.121. The molecular weight excluding hydrogens is 265 g/mol. The summed E-state index contributed by atoms with van der Waals surface area (Å²) in [6.07, 6.45) is 1.85. The zero-order chi connectivity index (χ0) is 14.5. The zero-order valence-corrected chi connectivity index (χ0v) is 12.1. The summed E-state index contributed by atoms with van der Waals surface area (Å²) in [6.45, 7) is 6.02. The van der Waals surface area contributed by atoms with Gasteiger partial charge in [0.25, 0.3) is 0 Å². The fourth-order valence-electron chi connectivity index (χ4n) is 2.67. The van der Waals surface area contributed by atoms with Crippen molar-refractivity contribution in [3.63, 3.8) is 0 Å². The van der Waals surface area contributed by atoms with Gasteiger partial charge in [-0.1, -0.05) is 18.2 Å². The van der Waals surface area contributed by atoms with E-state index in [1.165, 1.54) is 17.7 Å². The van der Waals surface area contributed by atoms with Crippen molar-refractivity contribution >= 4 is 0 Å². The number of hydrogen-bond acceptors (Lipinski definition) is 3. The number of hydrogen-bond donors (Lipinski definition) is 0. The maximum atomic E-state index is 12.9. The minimum atomic E-state index is -0.168. The van der Waals surface area contributed by atoms with E-state index >= 15 is 0 Å². The van der Waals surface area contributed by atoms with Crippen LogP contribution in [0.25, 0.3) is 0 Å². The van der Waals surface area contributed by atoms with Gasteiger partial charge in [0.05, 0.1) is 5.69 Å². The maximum absolute atomic E-state index is 12.9. The van der Waals surface area contributed by atoms with Crippen molar-refractivity contribution in [2.24, 2.45) is 0 Å². The predicted octanol–water partition coefficient (Wildman–Crippen LogP) is 2.54. The summed E-state index contributed by atoms with van der Waals surface area (Å²) in [5.41, 5.74) is 2.30. The van der Waals surface area contributed by atoms with Crippen LogP contribution in [0.4, 0.5) is 4.39 Å². The van der Waals surface area contributed by atoms with Gasteiger partial charge in [0, 0.05) is 45.5 Å². The van der Waals surface area contributed by atoms with Crippen LogP contribution in [0.2, 0.25) is 0 Å². The molecule has 1 aliphatic heterocycles. The van der Waals surface area contributed by atoms with Crippen LogP contribution < -0.4 is 0 Å². The highest BCUT2D eigenvalue weighted by atomic mass is 19.1. The van der Waals surface area contributed by atoms with Gasteiger partial charge in [-0.3, -0.25) is 14.8 Å². The molecule has 1 aromatic carbocycles. The summed E-state index contributed by atoms with van der Waals surface area (Å²) >= 11 is 0. The molecule has 1 aromatic heterocycles. The summed E-state index contributed by atoms with van der Waals surface area (Å²) in [6, 6.07) is 12.9. The SMILES string of the molecule is Fc1ccc(CN2CCN(Cc3ccccn3)CC2)cc1. The van der Waals surface area contributed by atoms with E-state index < -0.39 is 0 Å². The second-order valence-corrected chi connectivity index (χ2v) is 5.50. The molecule has 0 atom stereocenters. The zero-order valence-electron chi connectivity index (χ0n) is 12.1. The Bertz CT molecular complexity index is 548. The number of rotatable bonds is 4. The Morgan fingerprint density at radius 3 is 2.14 bits per heavy atom. The van der Waals surface area contributed by atoms with Gasteiger partial charge in [0.15, 0.2) is 0 Å². The first kappa shape index (κ1) is 14.2. The quantitative estimate of drug-likeness (QED) is 0.860. The predicted molar refractivity (Wildman–Crippen MR) is 81.2 cm³/mol. The van der Waals surface area contributed by atoms with Crippen molar-refractivity contribution in [1.82, 2.24) is 14.8 Å². The highest BCUT2D eigenvalue weighted by Gasteiger charge is 2.17. The van der Waals surface area contributed by atoms with Crippen molar-refractivity contribution in [2.75, 3.05) is 26.2 Å². The molecule has 21 heavy (non-hydrogen) atoms. The summed E-state index contributed by atoms with van der Waals surface area (Å²) in [5, 5.41) is 0. The molecule has 0 unspecified atom stereocenters. The standard InChI is InChI=1S/C17H20FN3/c18-16-6-4-15(5-7-16)13-20-9-11-21(12-10-20)14-17-3-1-2-8-19-17/h1-8H,9-14H2. The topological polar surface area (TPSA) is 19.4 Å². The summed E-state index contributed by atoms with van der Waals surface area (Å²) < 4.78 is 12.9. The van der Waals surface area contributed by atoms with Crippen molar-refractivity contribution in [3.05, 3.63) is 65.7 Å². The Balaban J connectivity index is 1.47. The highest BCUT2D eigenvalue weighted by molar-refractivity contribution is 5.16. The maximum Gasteiger partial charge on any atom is 0.123 e. The number of nitrogens with zero attached hydrogens (tertiary/aromatic N) is 3. The Labute approximate surface area is 125 Å². The number of halogens is 1. The van der Waals surface area contributed by atoms with Crippen LogP contribution in [0.5, 0.6) is 0 Å². The summed E-state index contributed by atoms with van der Waals surface area (Å²) in [4.78, 5) is 9.23. The largest absolute Gasteiger partial charge is 0.297 e. The fourth-order valence-corrected chi connectivity index (χ4v) is 2.67. The van der Waals surface area contributed by atoms with Crippen LogP contribution in [-0.2, 0) is 13.1 Å². The van der Waals surface area contributed by atoms with Crippen LogP contribution in [-0.4, -0.2) is 41.0 Å². The van der Waals surface area contributed by atoms with E-state index in [1.54, 1.807) is 0 Å². The second kappa shape index (κ2) is 6.78. The minimum Gasteiger partial charge on any atom is -0.297 e. The average molecular weight is 285 g/mol. The molecule has 3 nitrogen and oxygen atoms in total. The summed E-state index contributed by atoms with van der Waals surface area (Å²) in [7, 11) is 0. The van der Waals surface area contributed by atoms with Crippen molar-refractivity contribution < 1.29 is 4.39 Å². The summed E-state index contributed by atoms with van der Waals surface area (Å²) in [5.74, 6) is -0.168. The molecule has 0 aliphatic carbocycles. The van der Waals surface area contributed by atoms with Crippen LogP contribution in [0.1, 0.15) is 11.3 Å². The van der Waals surface area contributed by atoms with Gasteiger partial charge in [0.2, 0.25) is 0 Å². The van der Waals surface area contributed by atoms with E-state index in [9.17, 15) is 4.39 Å². The first-order chi connectivity index (χ1) is 10.3. The highest BCUT2D eigenvalue weighted by Crippen LogP contribution is 2.11. The molecule has 110 valence electrons. The number of benzene rings is 1. The average Bonchev–Trinajstić information content (AvgIpc) is 2.53. The first-order valence-corrected chi connectivity index (χ1v) is 7.39. The molecule has 0 spiro atoms. The molecule has 0 saturated carbocycles. The van der Waals surface area contributed by atoms with Gasteiger partial charge >= 0.3 is 0 Å². The van der Waals surface area contributed by atoms with Crippen LogP contribution in [0, 0.1) is 5.82 Å². The van der Waals surface area contributed by atoms with E-state index in [0.29, 0.717) is 0 Å². The number of aromatic nitrogens is 1. The van der Waals surface area contributed by atoms with Gasteiger partial charge in [-0.25, -0.2) is 4.39 Å². The van der Waals surface area contributed by atoms with Crippen LogP contribution in [0.3, 0.4) is 0 Å². The van der Waals surface area contributed by atoms with E-state index in [1.807, 2.05) is 30.5 Å². The monoisotopic (exact) mass is 285 g/mol. The van der Waals surface area contributed by atoms with Gasteiger partial charge in [0.1, 0.15) is 5.82 Å². The van der Waals surface area contributed by atoms with Crippen molar-refractivity contribution in [2.45, 2.75) is 13.1 Å². The number of pyridine rings is 1. The molecule has 1 aliphatic rings. The normalized spacial score (nSPS) is 17.0. The molecule has 3 rings (SSSR count). The number of piperazine rings is 1. The van der Waals surface area contributed by atoms with Crippen molar-refractivity contribution in [1.29, 1.82) is 0 Å². The molecular formula is C17H20FN3. The van der Waals surface area contributed by atoms with Gasteiger partial charge < -0.3 is 0 Å². The van der Waals surface area contributed by atoms with E-state index in [-0.39, 0.29) is 5.82 Å². The minimum absolute atomic E-state index is 0.168. The van der Waals surface area contributed by atoms with Gasteiger partial charge in [-0.2, -0.15) is 0 Å². The molecule has 4 heteroatoms. The fraction of sp³-hybridized carbons (Fsp3) is 0.353. The van der Waals surface area contributed by atoms with Crippen molar-refractivity contribution in [3.8, 4) is 0 Å². The van der Waals surface area contributed by atoms with Crippen LogP contribution in [0.15, 0.2) is 48.7 Å². The second-order valence-electron chi connectivity index (χ2n) is 5.50. The van der Waals surface area contributed by atoms with E-state index in [2.05, 4.69) is 20.9 Å². The smallest absolute Gasteiger partial charge is 0.123 e. The molecule has 1 fully saturated rings. The Morgan fingerprint density at radius 2 is 1.52 bits per heavy atom. The lowest BCUT2D eigenvalue weighted by Crippen LogP contribution is -2.45. The Hall–Kier alpha value is -1.78. The molecule has 1 saturated heterocycles. The Morgan fingerprint density at radius 1 is 0.857 bits per heavy atom. The Kier molecular flexibility index (Phi) is 4.58. The lowest BCUT2D eigenvalue weighted by atomic mass is 10.2. The molecule has 2 aromatic rings. The lowest BCUT2D eigenvalue weighted by Gasteiger charge is -2.34. The van der Waals surface area contributed by atoms with Gasteiger partial charge in [-0.15, -0.1) is 0 Å². The molecule has 0 bridgehead atoms. The molecule has 0 N–H and O–H groups in total. The van der Waals surface area contributed by atoms with E-state index in [0.717, 1.165) is 45.0 Å².